The third-order valence-corrected chi connectivity index (χ3v) is 3.56. The van der Waals surface area contributed by atoms with E-state index in [-0.39, 0.29) is 11.3 Å². The number of benzene rings is 2. The lowest BCUT2D eigenvalue weighted by Crippen LogP contribution is -2.10. The summed E-state index contributed by atoms with van der Waals surface area (Å²) in [6.45, 7) is 0. The molecule has 3 rings (SSSR count). The average molecular weight is 324 g/mol. The molecule has 2 N–H and O–H groups in total. The van der Waals surface area contributed by atoms with E-state index in [1.165, 1.54) is 14.2 Å². The van der Waals surface area contributed by atoms with Gasteiger partial charge in [0.1, 0.15) is 11.6 Å². The number of aromatic hydroxyl groups is 1. The number of phenolic OH excluding ortho intramolecular Hbond substituents is 1. The average Bonchev–Trinajstić information content (AvgIpc) is 2.60. The molecule has 6 nitrogen and oxygen atoms in total. The predicted molar refractivity (Wildman–Crippen MR) is 92.5 cm³/mol. The van der Waals surface area contributed by atoms with Crippen molar-refractivity contribution in [3.63, 3.8) is 0 Å². The summed E-state index contributed by atoms with van der Waals surface area (Å²) < 4.78 is 10.5. The molecule has 0 fully saturated rings. The van der Waals surface area contributed by atoms with Gasteiger partial charge in [0.05, 0.1) is 25.1 Å². The Bertz CT molecular complexity index is 959. The molecule has 0 bridgehead atoms. The topological polar surface area (TPSA) is 84.4 Å². The summed E-state index contributed by atoms with van der Waals surface area (Å²) in [6, 6.07) is 9.98. The Kier molecular flexibility index (Phi) is 4.20. The maximum Gasteiger partial charge on any atom is 0.259 e. The molecule has 0 spiro atoms. The summed E-state index contributed by atoms with van der Waals surface area (Å²) >= 11 is 0. The van der Waals surface area contributed by atoms with Crippen molar-refractivity contribution in [3.8, 4) is 17.2 Å². The van der Waals surface area contributed by atoms with Gasteiger partial charge in [-0.25, -0.2) is 4.98 Å². The van der Waals surface area contributed by atoms with Crippen LogP contribution in [0, 0.1) is 0 Å². The smallest absolute Gasteiger partial charge is 0.259 e. The van der Waals surface area contributed by atoms with Crippen LogP contribution in [0.1, 0.15) is 11.4 Å². The van der Waals surface area contributed by atoms with E-state index in [2.05, 4.69) is 9.97 Å². The summed E-state index contributed by atoms with van der Waals surface area (Å²) in [6.07, 6.45) is 3.49. The monoisotopic (exact) mass is 324 g/mol. The number of aromatic nitrogens is 2. The quantitative estimate of drug-likeness (QED) is 0.771. The number of hydrogen-bond acceptors (Lipinski definition) is 5. The van der Waals surface area contributed by atoms with Crippen LogP contribution in [0.5, 0.6) is 17.2 Å². The maximum absolute atomic E-state index is 12.3. The molecule has 0 amide bonds. The predicted octanol–water partition coefficient (Wildman–Crippen LogP) is 2.82. The van der Waals surface area contributed by atoms with Crippen molar-refractivity contribution in [1.82, 2.24) is 9.97 Å². The van der Waals surface area contributed by atoms with Crippen LogP contribution >= 0.6 is 0 Å². The number of fused-ring (bicyclic) bond motifs is 1. The normalized spacial score (nSPS) is 11.1. The number of H-pyrrole nitrogens is 1. The first-order valence-corrected chi connectivity index (χ1v) is 7.24. The third-order valence-electron chi connectivity index (χ3n) is 3.56. The molecule has 0 saturated heterocycles. The highest BCUT2D eigenvalue weighted by Crippen LogP contribution is 2.29. The Morgan fingerprint density at radius 2 is 1.71 bits per heavy atom. The Labute approximate surface area is 138 Å². The van der Waals surface area contributed by atoms with Crippen LogP contribution in [0.15, 0.2) is 41.2 Å². The highest BCUT2D eigenvalue weighted by molar-refractivity contribution is 5.83. The van der Waals surface area contributed by atoms with Crippen LogP contribution in [0.25, 0.3) is 23.1 Å². The van der Waals surface area contributed by atoms with E-state index in [1.54, 1.807) is 48.6 Å². The Hall–Kier alpha value is -3.28. The van der Waals surface area contributed by atoms with Gasteiger partial charge in [0.2, 0.25) is 0 Å². The molecule has 0 saturated carbocycles. The lowest BCUT2D eigenvalue weighted by atomic mass is 10.2. The SMILES string of the molecule is COc1cc2nc(/C=C/c3ccc(O)cc3)[nH]c(=O)c2cc1OC. The van der Waals surface area contributed by atoms with Crippen molar-refractivity contribution in [3.05, 3.63) is 58.1 Å². The van der Waals surface area contributed by atoms with Crippen molar-refractivity contribution in [2.45, 2.75) is 0 Å². The first kappa shape index (κ1) is 15.6. The number of rotatable bonds is 4. The van der Waals surface area contributed by atoms with Gasteiger partial charge in [0.15, 0.2) is 11.5 Å². The van der Waals surface area contributed by atoms with E-state index >= 15 is 0 Å². The van der Waals surface area contributed by atoms with E-state index in [0.717, 1.165) is 5.56 Å². The zero-order valence-electron chi connectivity index (χ0n) is 13.2. The Morgan fingerprint density at radius 3 is 2.38 bits per heavy atom. The zero-order chi connectivity index (χ0) is 17.1. The lowest BCUT2D eigenvalue weighted by Gasteiger charge is -2.08. The summed E-state index contributed by atoms with van der Waals surface area (Å²) in [4.78, 5) is 19.4. The van der Waals surface area contributed by atoms with Crippen LogP contribution in [0.4, 0.5) is 0 Å². The van der Waals surface area contributed by atoms with Crippen molar-refractivity contribution in [1.29, 1.82) is 0 Å². The minimum Gasteiger partial charge on any atom is -0.508 e. The van der Waals surface area contributed by atoms with Gasteiger partial charge >= 0.3 is 0 Å². The number of phenols is 1. The molecule has 0 radical (unpaired) electrons. The maximum atomic E-state index is 12.3. The van der Waals surface area contributed by atoms with Crippen molar-refractivity contribution in [2.75, 3.05) is 14.2 Å². The largest absolute Gasteiger partial charge is 0.508 e. The Morgan fingerprint density at radius 1 is 1.04 bits per heavy atom. The van der Waals surface area contributed by atoms with Gasteiger partial charge in [0.25, 0.3) is 5.56 Å². The van der Waals surface area contributed by atoms with Gasteiger partial charge in [-0.2, -0.15) is 0 Å². The molecular formula is C18H16N2O4. The summed E-state index contributed by atoms with van der Waals surface area (Å²) in [5, 5.41) is 9.71. The number of nitrogens with one attached hydrogen (secondary N) is 1. The van der Waals surface area contributed by atoms with Crippen molar-refractivity contribution in [2.24, 2.45) is 0 Å². The van der Waals surface area contributed by atoms with Crippen LogP contribution in [0.2, 0.25) is 0 Å². The number of ether oxygens (including phenoxy) is 2. The van der Waals surface area contributed by atoms with Crippen molar-refractivity contribution < 1.29 is 14.6 Å². The molecule has 0 aliphatic rings. The molecule has 3 aromatic rings. The molecule has 0 aliphatic carbocycles. The van der Waals surface area contributed by atoms with Crippen molar-refractivity contribution >= 4 is 23.1 Å². The second kappa shape index (κ2) is 6.45. The fourth-order valence-electron chi connectivity index (χ4n) is 2.32. The molecule has 1 heterocycles. The van der Waals surface area contributed by atoms with E-state index in [1.807, 2.05) is 0 Å². The van der Waals surface area contributed by atoms with Crippen LogP contribution < -0.4 is 15.0 Å². The summed E-state index contributed by atoms with van der Waals surface area (Å²) in [7, 11) is 3.04. The zero-order valence-corrected chi connectivity index (χ0v) is 13.2. The molecule has 2 aromatic carbocycles. The van der Waals surface area contributed by atoms with Gasteiger partial charge in [-0.05, 0) is 29.8 Å². The minimum atomic E-state index is -0.258. The number of hydrogen-bond donors (Lipinski definition) is 2. The number of aromatic amines is 1. The first-order valence-electron chi connectivity index (χ1n) is 7.24. The summed E-state index contributed by atoms with van der Waals surface area (Å²) in [5.74, 6) is 1.61. The molecule has 1 aromatic heterocycles. The van der Waals surface area contributed by atoms with E-state index in [4.69, 9.17) is 9.47 Å². The lowest BCUT2D eigenvalue weighted by molar-refractivity contribution is 0.355. The highest BCUT2D eigenvalue weighted by Gasteiger charge is 2.10. The van der Waals surface area contributed by atoms with E-state index < -0.39 is 0 Å². The fraction of sp³-hybridized carbons (Fsp3) is 0.111. The molecule has 0 atom stereocenters. The van der Waals surface area contributed by atoms with Gasteiger partial charge in [0, 0.05) is 6.07 Å². The molecule has 6 heteroatoms. The second-order valence-electron chi connectivity index (χ2n) is 5.10. The standard InChI is InChI=1S/C18H16N2O4/c1-23-15-9-13-14(10-16(15)24-2)19-17(20-18(13)22)8-5-11-3-6-12(21)7-4-11/h3-10,21H,1-2H3,(H,19,20,22)/b8-5+. The minimum absolute atomic E-state index is 0.199. The van der Waals surface area contributed by atoms with Crippen LogP contribution in [-0.4, -0.2) is 29.3 Å². The van der Waals surface area contributed by atoms with Gasteiger partial charge < -0.3 is 19.6 Å². The third kappa shape index (κ3) is 3.08. The highest BCUT2D eigenvalue weighted by atomic mass is 16.5. The van der Waals surface area contributed by atoms with E-state index in [9.17, 15) is 9.90 Å². The molecular weight excluding hydrogens is 308 g/mol. The van der Waals surface area contributed by atoms with E-state index in [0.29, 0.717) is 28.2 Å². The molecule has 24 heavy (non-hydrogen) atoms. The second-order valence-corrected chi connectivity index (χ2v) is 5.10. The summed E-state index contributed by atoms with van der Waals surface area (Å²) in [5.41, 5.74) is 1.14. The molecule has 122 valence electrons. The fourth-order valence-corrected chi connectivity index (χ4v) is 2.32. The molecule has 0 unspecified atom stereocenters. The number of methoxy groups -OCH3 is 2. The number of nitrogens with zero attached hydrogens (tertiary/aromatic N) is 1. The first-order chi connectivity index (χ1) is 11.6. The van der Waals surface area contributed by atoms with Crippen LogP contribution in [0.3, 0.4) is 0 Å². The van der Waals surface area contributed by atoms with Gasteiger partial charge in [-0.1, -0.05) is 18.2 Å². The van der Waals surface area contributed by atoms with Gasteiger partial charge in [-0.15, -0.1) is 0 Å². The molecule has 0 aliphatic heterocycles. The Balaban J connectivity index is 2.03. The van der Waals surface area contributed by atoms with Crippen LogP contribution in [-0.2, 0) is 0 Å². The van der Waals surface area contributed by atoms with Gasteiger partial charge in [-0.3, -0.25) is 4.79 Å².